The molecule has 0 fully saturated rings. The van der Waals surface area contributed by atoms with Crippen molar-refractivity contribution in [1.82, 2.24) is 5.32 Å². The normalized spacial score (nSPS) is 14.3. The number of unbranched alkanes of at least 4 members (excludes halogenated alkanes) is 23. The largest absolute Gasteiger partial charge is 0.387 e. The molecule has 4 N–H and O–H groups in total. The van der Waals surface area contributed by atoms with Crippen LogP contribution in [0.5, 0.6) is 0 Å². The number of rotatable bonds is 34. The van der Waals surface area contributed by atoms with Gasteiger partial charge in [-0.25, -0.2) is 0 Å². The Balaban J connectivity index is 3.90. The summed E-state index contributed by atoms with van der Waals surface area (Å²) in [4.78, 5) is 12.5. The molecule has 0 bridgehead atoms. The van der Waals surface area contributed by atoms with E-state index in [1.165, 1.54) is 115 Å². The average Bonchev–Trinajstić information content (AvgIpc) is 3.01. The maximum Gasteiger partial charge on any atom is 0.267 e. The molecule has 0 rings (SSSR count). The van der Waals surface area contributed by atoms with E-state index in [2.05, 4.69) is 31.3 Å². The lowest BCUT2D eigenvalue weighted by Crippen LogP contribution is -2.50. The average molecular weight is 672 g/mol. The van der Waals surface area contributed by atoms with Gasteiger partial charge in [0.25, 0.3) is 10.1 Å². The van der Waals surface area contributed by atoms with Crippen molar-refractivity contribution in [2.75, 3.05) is 5.75 Å². The van der Waals surface area contributed by atoms with Crippen molar-refractivity contribution >= 4 is 16.0 Å². The fourth-order valence-corrected chi connectivity index (χ4v) is 6.49. The Kier molecular flexibility index (Phi) is 31.5. The van der Waals surface area contributed by atoms with Crippen LogP contribution in [-0.4, -0.2) is 53.1 Å². The molecule has 0 saturated carbocycles. The third-order valence-corrected chi connectivity index (χ3v) is 9.52. The number of carbonyl (C=O) groups excluding carboxylic acids is 1. The summed E-state index contributed by atoms with van der Waals surface area (Å²) in [6.07, 6.45) is 37.0. The predicted octanol–water partition coefficient (Wildman–Crippen LogP) is 9.77. The quantitative estimate of drug-likeness (QED) is 0.0307. The Labute approximate surface area is 284 Å². The fraction of sp³-hybridized carbons (Fsp3) is 0.868. The van der Waals surface area contributed by atoms with Gasteiger partial charge in [0.2, 0.25) is 5.91 Å². The van der Waals surface area contributed by atoms with Crippen molar-refractivity contribution < 1.29 is 28.0 Å². The van der Waals surface area contributed by atoms with Gasteiger partial charge < -0.3 is 15.5 Å². The molecule has 3 unspecified atom stereocenters. The van der Waals surface area contributed by atoms with Gasteiger partial charge in [0.15, 0.2) is 0 Å². The Hall–Kier alpha value is -1.22. The molecule has 7 nitrogen and oxygen atoms in total. The SMILES string of the molecule is CCCC/C=C/CC/C=C/C(O)C(CS(=O)(=O)O)NC(=O)C(O)CCCCCCCCCCCCCCCCCCCCCCC. The molecule has 8 heteroatoms. The summed E-state index contributed by atoms with van der Waals surface area (Å²) in [5.74, 6) is -1.55. The molecule has 0 spiro atoms. The van der Waals surface area contributed by atoms with Gasteiger partial charge in [-0.15, -0.1) is 0 Å². The maximum atomic E-state index is 12.5. The summed E-state index contributed by atoms with van der Waals surface area (Å²) in [5, 5.41) is 23.2. The van der Waals surface area contributed by atoms with Crippen LogP contribution in [0.4, 0.5) is 0 Å². The Morgan fingerprint density at radius 2 is 0.978 bits per heavy atom. The topological polar surface area (TPSA) is 124 Å². The Bertz CT molecular complexity index is 844. The van der Waals surface area contributed by atoms with Gasteiger partial charge in [-0.05, 0) is 25.7 Å². The van der Waals surface area contributed by atoms with Crippen LogP contribution in [0.25, 0.3) is 0 Å². The van der Waals surface area contributed by atoms with Crippen LogP contribution in [0.3, 0.4) is 0 Å². The molecular weight excluding hydrogens is 598 g/mol. The summed E-state index contributed by atoms with van der Waals surface area (Å²) in [7, 11) is -4.44. The zero-order valence-electron chi connectivity index (χ0n) is 29.8. The fourth-order valence-electron chi connectivity index (χ4n) is 5.75. The highest BCUT2D eigenvalue weighted by molar-refractivity contribution is 7.85. The highest BCUT2D eigenvalue weighted by atomic mass is 32.2. The van der Waals surface area contributed by atoms with Crippen molar-refractivity contribution in [1.29, 1.82) is 0 Å². The number of aliphatic hydroxyl groups excluding tert-OH is 2. The molecule has 0 aromatic carbocycles. The van der Waals surface area contributed by atoms with E-state index in [1.807, 2.05) is 0 Å². The van der Waals surface area contributed by atoms with Gasteiger partial charge in [0.1, 0.15) is 6.10 Å². The van der Waals surface area contributed by atoms with E-state index in [1.54, 1.807) is 6.08 Å². The summed E-state index contributed by atoms with van der Waals surface area (Å²) >= 11 is 0. The van der Waals surface area contributed by atoms with E-state index in [4.69, 9.17) is 0 Å². The second-order valence-electron chi connectivity index (χ2n) is 13.3. The number of carbonyl (C=O) groups is 1. The molecule has 0 aliphatic heterocycles. The molecule has 0 heterocycles. The molecule has 0 aliphatic rings. The third kappa shape index (κ3) is 31.4. The van der Waals surface area contributed by atoms with Gasteiger partial charge >= 0.3 is 0 Å². The van der Waals surface area contributed by atoms with E-state index in [-0.39, 0.29) is 6.42 Å². The maximum absolute atomic E-state index is 12.5. The second-order valence-corrected chi connectivity index (χ2v) is 14.8. The van der Waals surface area contributed by atoms with Crippen molar-refractivity contribution in [3.8, 4) is 0 Å². The first kappa shape index (κ1) is 44.8. The van der Waals surface area contributed by atoms with Crippen LogP contribution < -0.4 is 5.32 Å². The molecule has 0 aliphatic carbocycles. The molecule has 46 heavy (non-hydrogen) atoms. The first-order valence-corrected chi connectivity index (χ1v) is 20.8. The molecule has 0 aromatic rings. The minimum absolute atomic E-state index is 0.278. The van der Waals surface area contributed by atoms with E-state index < -0.39 is 40.0 Å². The standard InChI is InChI=1S/C38H73NO6S/c1-3-5-7-9-11-13-14-15-16-17-18-19-20-21-22-23-24-25-27-29-31-33-37(41)38(42)39-35(34-46(43,44)45)36(40)32-30-28-26-12-10-8-6-4-2/h10,12,30,32,35-37,40-41H,3-9,11,13-29,31,33-34H2,1-2H3,(H,39,42)(H,43,44,45)/b12-10+,32-30+. The first-order chi connectivity index (χ1) is 22.2. The van der Waals surface area contributed by atoms with E-state index >= 15 is 0 Å². The van der Waals surface area contributed by atoms with Crippen molar-refractivity contribution in [2.24, 2.45) is 0 Å². The van der Waals surface area contributed by atoms with E-state index in [0.29, 0.717) is 12.8 Å². The van der Waals surface area contributed by atoms with Crippen LogP contribution in [0.15, 0.2) is 24.3 Å². The summed E-state index contributed by atoms with van der Waals surface area (Å²) in [6, 6.07) is -1.24. The number of aliphatic hydroxyl groups is 2. The number of hydrogen-bond acceptors (Lipinski definition) is 5. The lowest BCUT2D eigenvalue weighted by molar-refractivity contribution is -0.130. The van der Waals surface area contributed by atoms with E-state index in [9.17, 15) is 28.0 Å². The van der Waals surface area contributed by atoms with Crippen molar-refractivity contribution in [3.05, 3.63) is 24.3 Å². The highest BCUT2D eigenvalue weighted by Crippen LogP contribution is 2.16. The van der Waals surface area contributed by atoms with Crippen LogP contribution in [0.1, 0.15) is 187 Å². The minimum Gasteiger partial charge on any atom is -0.387 e. The molecule has 3 atom stereocenters. The van der Waals surface area contributed by atoms with Crippen LogP contribution in [-0.2, 0) is 14.9 Å². The second kappa shape index (κ2) is 32.3. The van der Waals surface area contributed by atoms with Gasteiger partial charge in [-0.3, -0.25) is 9.35 Å². The number of nitrogens with one attached hydrogen (secondary N) is 1. The zero-order valence-corrected chi connectivity index (χ0v) is 30.6. The van der Waals surface area contributed by atoms with E-state index in [0.717, 1.165) is 44.9 Å². The first-order valence-electron chi connectivity index (χ1n) is 19.1. The minimum atomic E-state index is -4.44. The monoisotopic (exact) mass is 672 g/mol. The van der Waals surface area contributed by atoms with Crippen molar-refractivity contribution in [3.63, 3.8) is 0 Å². The third-order valence-electron chi connectivity index (χ3n) is 8.74. The molecule has 1 amide bonds. The van der Waals surface area contributed by atoms with Gasteiger partial charge in [-0.2, -0.15) is 8.42 Å². The van der Waals surface area contributed by atoms with Gasteiger partial charge in [-0.1, -0.05) is 186 Å². The number of allylic oxidation sites excluding steroid dienone is 3. The lowest BCUT2D eigenvalue weighted by Gasteiger charge is -2.22. The van der Waals surface area contributed by atoms with Gasteiger partial charge in [0, 0.05) is 0 Å². The Morgan fingerprint density at radius 1 is 0.587 bits per heavy atom. The zero-order chi connectivity index (χ0) is 34.1. The summed E-state index contributed by atoms with van der Waals surface area (Å²) in [6.45, 7) is 4.42. The van der Waals surface area contributed by atoms with Crippen molar-refractivity contribution in [2.45, 2.75) is 205 Å². The van der Waals surface area contributed by atoms with Crippen LogP contribution >= 0.6 is 0 Å². The summed E-state index contributed by atoms with van der Waals surface area (Å²) in [5.41, 5.74) is 0. The molecule has 0 radical (unpaired) electrons. The molecular formula is C38H73NO6S. The highest BCUT2D eigenvalue weighted by Gasteiger charge is 2.27. The van der Waals surface area contributed by atoms with Crippen LogP contribution in [0.2, 0.25) is 0 Å². The number of hydrogen-bond donors (Lipinski definition) is 4. The molecule has 0 aromatic heterocycles. The lowest BCUT2D eigenvalue weighted by atomic mass is 10.0. The predicted molar refractivity (Wildman–Crippen MR) is 195 cm³/mol. The van der Waals surface area contributed by atoms with Crippen LogP contribution in [0, 0.1) is 0 Å². The van der Waals surface area contributed by atoms with Gasteiger partial charge in [0.05, 0.1) is 17.9 Å². The molecule has 0 saturated heterocycles. The number of amides is 1. The Morgan fingerprint density at radius 3 is 1.41 bits per heavy atom. The smallest absolute Gasteiger partial charge is 0.267 e. The molecule has 272 valence electrons. The summed E-state index contributed by atoms with van der Waals surface area (Å²) < 4.78 is 32.2.